The molecule has 12 radical (unpaired) electrons. The summed E-state index contributed by atoms with van der Waals surface area (Å²) in [5, 5.41) is -4.84. The molecule has 0 amide bonds. The molecule has 5 atom stereocenters. The van der Waals surface area contributed by atoms with E-state index in [-0.39, 0.29) is 90.6 Å². The average molecular weight is 679 g/mol. The Kier molecular flexibility index (Phi) is 9.86. The maximum absolute atomic E-state index is 14.5. The molecule has 49 heavy (non-hydrogen) atoms. The lowest BCUT2D eigenvalue weighted by molar-refractivity contribution is -0.241. The van der Waals surface area contributed by atoms with Crippen LogP contribution in [-0.4, -0.2) is 101 Å². The first kappa shape index (κ1) is 37.3. The number of benzene rings is 2. The Balaban J connectivity index is 1.57. The molecule has 4 bridgehead atoms. The van der Waals surface area contributed by atoms with E-state index in [9.17, 15) is 31.6 Å². The van der Waals surface area contributed by atoms with E-state index in [0.29, 0.717) is 18.1 Å². The molecule has 0 aromatic heterocycles. The van der Waals surface area contributed by atoms with Gasteiger partial charge in [0.25, 0.3) is 0 Å². The lowest BCUT2D eigenvalue weighted by Gasteiger charge is -2.63. The first-order valence-electron chi connectivity index (χ1n) is 15.5. The average Bonchev–Trinajstić information content (AvgIpc) is 2.98. The summed E-state index contributed by atoms with van der Waals surface area (Å²) >= 11 is 0. The number of hydrogen-bond acceptors (Lipinski definition) is 8. The van der Waals surface area contributed by atoms with Crippen molar-refractivity contribution < 1.29 is 50.3 Å². The number of halogens is 2. The van der Waals surface area contributed by atoms with Gasteiger partial charge in [0.05, 0.1) is 40.1 Å². The molecule has 4 aliphatic rings. The summed E-state index contributed by atoms with van der Waals surface area (Å²) in [6.07, 6.45) is -2.92. The fraction of sp³-hybridized carbons (Fsp3) is 0.516. The van der Waals surface area contributed by atoms with Crippen molar-refractivity contribution in [3.05, 3.63) is 52.1 Å². The smallest absolute Gasteiger partial charge is 0.405 e. The van der Waals surface area contributed by atoms with E-state index < -0.39 is 61.9 Å². The van der Waals surface area contributed by atoms with Gasteiger partial charge in [-0.1, -0.05) is 65.2 Å². The van der Waals surface area contributed by atoms with Crippen LogP contribution in [0.15, 0.2) is 24.3 Å². The van der Waals surface area contributed by atoms with Gasteiger partial charge in [0.15, 0.2) is 6.10 Å². The fourth-order valence-corrected chi connectivity index (χ4v) is 8.67. The van der Waals surface area contributed by atoms with Crippen LogP contribution in [0.1, 0.15) is 82.9 Å². The Bertz CT molecular complexity index is 1830. The molecule has 4 aliphatic carbocycles. The second-order valence-electron chi connectivity index (χ2n) is 13.4. The Morgan fingerprint density at radius 2 is 1.49 bits per heavy atom. The van der Waals surface area contributed by atoms with E-state index >= 15 is 0 Å². The number of hydrogen-bond donors (Lipinski definition) is 1. The second kappa shape index (κ2) is 13.0. The van der Waals surface area contributed by atoms with E-state index in [1.54, 1.807) is 12.1 Å². The van der Waals surface area contributed by atoms with Crippen LogP contribution < -0.4 is 16.4 Å². The van der Waals surface area contributed by atoms with Gasteiger partial charge in [0, 0.05) is 19.3 Å². The lowest BCUT2D eigenvalue weighted by Crippen LogP contribution is -2.67. The second-order valence-corrected chi connectivity index (χ2v) is 14.9. The molecule has 2 aromatic rings. The molecule has 1 N–H and O–H groups in total. The van der Waals surface area contributed by atoms with Gasteiger partial charge in [-0.3, -0.25) is 9.35 Å². The van der Waals surface area contributed by atoms with Gasteiger partial charge in [0.1, 0.15) is 34.7 Å². The third-order valence-corrected chi connectivity index (χ3v) is 10.9. The van der Waals surface area contributed by atoms with Gasteiger partial charge in [-0.2, -0.15) is 17.2 Å². The van der Waals surface area contributed by atoms with Crippen molar-refractivity contribution in [3.8, 4) is 0 Å². The molecular weight excluding hydrogens is 651 g/mol. The van der Waals surface area contributed by atoms with E-state index in [0.717, 1.165) is 0 Å². The normalized spacial score (nSPS) is 26.6. The molecule has 0 aliphatic heterocycles. The van der Waals surface area contributed by atoms with Gasteiger partial charge in [-0.05, 0) is 43.2 Å². The minimum Gasteiger partial charge on any atom is -0.455 e. The molecule has 2 aromatic carbocycles. The summed E-state index contributed by atoms with van der Waals surface area (Å²) in [7, 11) is 29.9. The van der Waals surface area contributed by atoms with E-state index in [1.807, 2.05) is 0 Å². The van der Waals surface area contributed by atoms with E-state index in [4.69, 9.17) is 65.8 Å². The molecule has 18 heteroatoms. The summed E-state index contributed by atoms with van der Waals surface area (Å²) in [6.45, 7) is 0.623. The highest BCUT2D eigenvalue weighted by molar-refractivity contribution is 7.86. The van der Waals surface area contributed by atoms with Crippen molar-refractivity contribution in [1.29, 1.82) is 0 Å². The fourth-order valence-electron chi connectivity index (χ4n) is 8.21. The number of carbonyl (C=O) groups is 3. The summed E-state index contributed by atoms with van der Waals surface area (Å²) < 4.78 is 78.4. The van der Waals surface area contributed by atoms with Crippen LogP contribution in [0.2, 0.25) is 0 Å². The molecule has 0 saturated heterocycles. The van der Waals surface area contributed by atoms with Crippen LogP contribution in [-0.2, 0) is 48.1 Å². The van der Waals surface area contributed by atoms with E-state index in [1.165, 1.54) is 12.1 Å². The summed E-state index contributed by atoms with van der Waals surface area (Å²) in [5.41, 5.74) is -3.35. The Morgan fingerprint density at radius 3 is 2.04 bits per heavy atom. The Morgan fingerprint density at radius 1 is 0.918 bits per heavy atom. The number of alkyl halides is 2. The maximum atomic E-state index is 14.5. The molecule has 4 fully saturated rings. The van der Waals surface area contributed by atoms with Crippen molar-refractivity contribution in [1.82, 2.24) is 0 Å². The summed E-state index contributed by atoms with van der Waals surface area (Å²) in [6, 6.07) is 5.97. The molecule has 9 nitrogen and oxygen atoms in total. The van der Waals surface area contributed by atoms with Crippen molar-refractivity contribution in [2.45, 2.75) is 87.0 Å². The standard InChI is InChI=1S/C31H28B6F2O9S/c1-15(31(38,39)49(43,44)45)46-27(42)28-6-16-7-29(12-28,47-25(40)20-4-19(35)5-22(36)21(20)11-34)14-30(8-16,13-28)48-26(41)23-17(9-32)2-3-18(10-33)24(23)37/h2-5,15-16H,6-14H2,1H3,(H,43,44,45). The maximum Gasteiger partial charge on any atom is 0.405 e. The minimum absolute atomic E-state index is 0.00385. The highest BCUT2D eigenvalue weighted by atomic mass is 32.2. The van der Waals surface area contributed by atoms with Crippen LogP contribution in [0.25, 0.3) is 0 Å². The zero-order valence-electron chi connectivity index (χ0n) is 26.7. The van der Waals surface area contributed by atoms with Gasteiger partial charge in [0.2, 0.25) is 0 Å². The molecule has 244 valence electrons. The number of rotatable bonds is 11. The largest absolute Gasteiger partial charge is 0.455 e. The van der Waals surface area contributed by atoms with Crippen LogP contribution in [0, 0.1) is 11.3 Å². The van der Waals surface area contributed by atoms with Crippen LogP contribution in [0.3, 0.4) is 0 Å². The minimum atomic E-state index is -5.96. The quantitative estimate of drug-likeness (QED) is 0.151. The SMILES string of the molecule is [B]Cc1ccc(C[B])c(C(=O)OC23CC4CC(OC(=O)c5cc([B])cc([B])c5C[B])(C2)CC(C(=O)OC(C)C(F)(F)S(=O)(=O)O)(C4)C3)c1[B]. The first-order valence-corrected chi connectivity index (χ1v) is 16.9. The van der Waals surface area contributed by atoms with Gasteiger partial charge < -0.3 is 14.2 Å². The van der Waals surface area contributed by atoms with E-state index in [2.05, 4.69) is 0 Å². The molecule has 0 spiro atoms. The third kappa shape index (κ3) is 6.64. The molecule has 4 saturated carbocycles. The molecule has 6 rings (SSSR count). The van der Waals surface area contributed by atoms with Crippen molar-refractivity contribution in [2.75, 3.05) is 0 Å². The topological polar surface area (TPSA) is 133 Å². The van der Waals surface area contributed by atoms with Crippen molar-refractivity contribution in [3.63, 3.8) is 0 Å². The van der Waals surface area contributed by atoms with Gasteiger partial charge >= 0.3 is 33.3 Å². The van der Waals surface area contributed by atoms with Crippen LogP contribution in [0.4, 0.5) is 8.78 Å². The van der Waals surface area contributed by atoms with Gasteiger partial charge in [-0.15, -0.1) is 0 Å². The Labute approximate surface area is 291 Å². The Hall–Kier alpha value is -2.99. The predicted molar refractivity (Wildman–Crippen MR) is 179 cm³/mol. The molecule has 0 heterocycles. The van der Waals surface area contributed by atoms with Gasteiger partial charge in [-0.25, -0.2) is 9.59 Å². The highest BCUT2D eigenvalue weighted by Crippen LogP contribution is 2.66. The number of carbonyl (C=O) groups excluding carboxylic acids is 3. The molecular formula is C31H28B6F2O9S. The summed E-state index contributed by atoms with van der Waals surface area (Å²) in [4.78, 5) is 41.6. The first-order chi connectivity index (χ1) is 22.7. The summed E-state index contributed by atoms with van der Waals surface area (Å²) in [5.74, 6) is -3.47. The zero-order chi connectivity index (χ0) is 36.3. The molecule has 5 unspecified atom stereocenters. The monoisotopic (exact) mass is 680 g/mol. The van der Waals surface area contributed by atoms with Crippen molar-refractivity contribution in [2.24, 2.45) is 11.3 Å². The van der Waals surface area contributed by atoms with Crippen molar-refractivity contribution >= 4 is 91.5 Å². The number of ether oxygens (including phenoxy) is 3. The van der Waals surface area contributed by atoms with Crippen LogP contribution in [0.5, 0.6) is 0 Å². The highest BCUT2D eigenvalue weighted by Gasteiger charge is 2.70. The van der Waals surface area contributed by atoms with Crippen LogP contribution >= 0.6 is 0 Å². The lowest BCUT2D eigenvalue weighted by atomic mass is 9.46. The zero-order valence-corrected chi connectivity index (χ0v) is 27.5. The number of esters is 3. The predicted octanol–water partition coefficient (Wildman–Crippen LogP) is -0.0388. The third-order valence-electron chi connectivity index (χ3n) is 9.92.